The van der Waals surface area contributed by atoms with Crippen molar-refractivity contribution >= 4 is 11.3 Å². The summed E-state index contributed by atoms with van der Waals surface area (Å²) >= 11 is 1.84. The Kier molecular flexibility index (Phi) is 3.33. The SMILES string of the molecule is C#CCNCc1cc(C)sc1C. The van der Waals surface area contributed by atoms with Crippen LogP contribution in [0.5, 0.6) is 0 Å². The molecule has 0 saturated heterocycles. The lowest BCUT2D eigenvalue weighted by atomic mass is 10.2. The van der Waals surface area contributed by atoms with Gasteiger partial charge in [-0.1, -0.05) is 5.92 Å². The second-order valence-electron chi connectivity index (χ2n) is 2.75. The molecule has 64 valence electrons. The van der Waals surface area contributed by atoms with E-state index in [0.717, 1.165) is 6.54 Å². The average molecular weight is 179 g/mol. The minimum Gasteiger partial charge on any atom is -0.302 e. The van der Waals surface area contributed by atoms with E-state index in [0.29, 0.717) is 6.54 Å². The molecule has 1 nitrogen and oxygen atoms in total. The standard InChI is InChI=1S/C10H13NS/c1-4-5-11-7-10-6-8(2)12-9(10)3/h1,6,11H,5,7H2,2-3H3. The molecule has 1 heterocycles. The van der Waals surface area contributed by atoms with Gasteiger partial charge in [-0.15, -0.1) is 17.8 Å². The molecule has 1 aromatic heterocycles. The monoisotopic (exact) mass is 179 g/mol. The van der Waals surface area contributed by atoms with E-state index >= 15 is 0 Å². The number of hydrogen-bond acceptors (Lipinski definition) is 2. The fourth-order valence-corrected chi connectivity index (χ4v) is 2.07. The predicted octanol–water partition coefficient (Wildman–Crippen LogP) is 2.09. The average Bonchev–Trinajstić information content (AvgIpc) is 2.31. The van der Waals surface area contributed by atoms with Crippen LogP contribution in [0.25, 0.3) is 0 Å². The van der Waals surface area contributed by atoms with Crippen LogP contribution in [-0.4, -0.2) is 6.54 Å². The van der Waals surface area contributed by atoms with Gasteiger partial charge in [-0.25, -0.2) is 0 Å². The molecule has 0 aliphatic carbocycles. The van der Waals surface area contributed by atoms with Crippen LogP contribution < -0.4 is 5.32 Å². The summed E-state index contributed by atoms with van der Waals surface area (Å²) in [5, 5.41) is 3.18. The number of nitrogens with one attached hydrogen (secondary N) is 1. The molecule has 0 fully saturated rings. The summed E-state index contributed by atoms with van der Waals surface area (Å²) < 4.78 is 0. The van der Waals surface area contributed by atoms with Crippen molar-refractivity contribution in [1.82, 2.24) is 5.32 Å². The molecule has 0 unspecified atom stereocenters. The van der Waals surface area contributed by atoms with Crippen molar-refractivity contribution < 1.29 is 0 Å². The number of rotatable bonds is 3. The van der Waals surface area contributed by atoms with Gasteiger partial charge in [-0.2, -0.15) is 0 Å². The lowest BCUT2D eigenvalue weighted by molar-refractivity contribution is 0.769. The molecule has 0 aromatic carbocycles. The normalized spacial score (nSPS) is 9.75. The summed E-state index contributed by atoms with van der Waals surface area (Å²) in [6, 6.07) is 2.21. The number of aryl methyl sites for hydroxylation is 2. The maximum atomic E-state index is 5.13. The topological polar surface area (TPSA) is 12.0 Å². The molecule has 0 bridgehead atoms. The molecule has 0 aliphatic heterocycles. The van der Waals surface area contributed by atoms with Gasteiger partial charge in [0.1, 0.15) is 0 Å². The van der Waals surface area contributed by atoms with Gasteiger partial charge in [0.15, 0.2) is 0 Å². The van der Waals surface area contributed by atoms with Crippen LogP contribution in [0, 0.1) is 26.2 Å². The quantitative estimate of drug-likeness (QED) is 0.553. The molecule has 0 radical (unpaired) electrons. The molecule has 0 aliphatic rings. The van der Waals surface area contributed by atoms with Gasteiger partial charge < -0.3 is 5.32 Å². The summed E-state index contributed by atoms with van der Waals surface area (Å²) in [5.41, 5.74) is 1.37. The highest BCUT2D eigenvalue weighted by Gasteiger charge is 2.00. The van der Waals surface area contributed by atoms with Crippen molar-refractivity contribution in [2.24, 2.45) is 0 Å². The van der Waals surface area contributed by atoms with Crippen LogP contribution >= 0.6 is 11.3 Å². The summed E-state index contributed by atoms with van der Waals surface area (Å²) in [6.45, 7) is 5.81. The first-order valence-corrected chi connectivity index (χ1v) is 4.75. The first-order valence-electron chi connectivity index (χ1n) is 3.94. The van der Waals surface area contributed by atoms with E-state index in [4.69, 9.17) is 6.42 Å². The van der Waals surface area contributed by atoms with Crippen LogP contribution in [0.3, 0.4) is 0 Å². The number of thiophene rings is 1. The predicted molar refractivity (Wildman–Crippen MR) is 54.3 cm³/mol. The Bertz CT molecular complexity index is 293. The van der Waals surface area contributed by atoms with Gasteiger partial charge in [0.2, 0.25) is 0 Å². The third-order valence-corrected chi connectivity index (χ3v) is 2.69. The Labute approximate surface area is 77.8 Å². The number of terminal acetylenes is 1. The first kappa shape index (κ1) is 9.31. The lowest BCUT2D eigenvalue weighted by Crippen LogP contribution is -2.12. The summed E-state index contributed by atoms with van der Waals surface area (Å²) in [4.78, 5) is 2.75. The molecule has 0 amide bonds. The molecular weight excluding hydrogens is 166 g/mol. The van der Waals surface area contributed by atoms with Crippen LogP contribution in [-0.2, 0) is 6.54 Å². The van der Waals surface area contributed by atoms with Gasteiger partial charge in [-0.05, 0) is 25.5 Å². The Balaban J connectivity index is 2.52. The fraction of sp³-hybridized carbons (Fsp3) is 0.400. The second-order valence-corrected chi connectivity index (χ2v) is 4.21. The van der Waals surface area contributed by atoms with Crippen molar-refractivity contribution in [3.05, 3.63) is 21.4 Å². The lowest BCUT2D eigenvalue weighted by Gasteiger charge is -1.98. The van der Waals surface area contributed by atoms with E-state index < -0.39 is 0 Å². The maximum Gasteiger partial charge on any atom is 0.0576 e. The third-order valence-electron chi connectivity index (χ3n) is 1.69. The Hall–Kier alpha value is -0.780. The van der Waals surface area contributed by atoms with Crippen molar-refractivity contribution in [2.75, 3.05) is 6.54 Å². The summed E-state index contributed by atoms with van der Waals surface area (Å²) in [5.74, 6) is 2.56. The molecular formula is C10H13NS. The van der Waals surface area contributed by atoms with Crippen LogP contribution in [0.4, 0.5) is 0 Å². The van der Waals surface area contributed by atoms with Crippen molar-refractivity contribution in [3.8, 4) is 12.3 Å². The molecule has 1 rings (SSSR count). The zero-order valence-corrected chi connectivity index (χ0v) is 8.29. The maximum absolute atomic E-state index is 5.13. The van der Waals surface area contributed by atoms with E-state index in [1.54, 1.807) is 0 Å². The minimum absolute atomic E-state index is 0.647. The van der Waals surface area contributed by atoms with Gasteiger partial charge in [0, 0.05) is 16.3 Å². The second kappa shape index (κ2) is 4.30. The summed E-state index contributed by atoms with van der Waals surface area (Å²) in [6.07, 6.45) is 5.13. The van der Waals surface area contributed by atoms with Crippen molar-refractivity contribution in [3.63, 3.8) is 0 Å². The minimum atomic E-state index is 0.647. The van der Waals surface area contributed by atoms with E-state index in [1.165, 1.54) is 15.3 Å². The van der Waals surface area contributed by atoms with E-state index in [9.17, 15) is 0 Å². The molecule has 0 atom stereocenters. The molecule has 2 heteroatoms. The number of hydrogen-bond donors (Lipinski definition) is 1. The van der Waals surface area contributed by atoms with Crippen LogP contribution in [0.1, 0.15) is 15.3 Å². The largest absolute Gasteiger partial charge is 0.302 e. The van der Waals surface area contributed by atoms with E-state index in [2.05, 4.69) is 31.2 Å². The Morgan fingerprint density at radius 3 is 2.83 bits per heavy atom. The highest BCUT2D eigenvalue weighted by Crippen LogP contribution is 2.19. The molecule has 0 saturated carbocycles. The van der Waals surface area contributed by atoms with E-state index in [-0.39, 0.29) is 0 Å². The van der Waals surface area contributed by atoms with E-state index in [1.807, 2.05) is 11.3 Å². The van der Waals surface area contributed by atoms with Crippen molar-refractivity contribution in [2.45, 2.75) is 20.4 Å². The third kappa shape index (κ3) is 2.37. The molecule has 1 aromatic rings. The summed E-state index contributed by atoms with van der Waals surface area (Å²) in [7, 11) is 0. The zero-order chi connectivity index (χ0) is 8.97. The molecule has 0 spiro atoms. The first-order chi connectivity index (χ1) is 5.74. The van der Waals surface area contributed by atoms with Gasteiger partial charge in [0.05, 0.1) is 6.54 Å². The van der Waals surface area contributed by atoms with Gasteiger partial charge in [-0.3, -0.25) is 0 Å². The zero-order valence-electron chi connectivity index (χ0n) is 7.48. The highest BCUT2D eigenvalue weighted by molar-refractivity contribution is 7.12. The smallest absolute Gasteiger partial charge is 0.0576 e. The molecule has 12 heavy (non-hydrogen) atoms. The fourth-order valence-electron chi connectivity index (χ4n) is 1.13. The molecule has 1 N–H and O–H groups in total. The van der Waals surface area contributed by atoms with Crippen LogP contribution in [0.15, 0.2) is 6.07 Å². The van der Waals surface area contributed by atoms with Crippen molar-refractivity contribution in [1.29, 1.82) is 0 Å². The van der Waals surface area contributed by atoms with Gasteiger partial charge >= 0.3 is 0 Å². The Morgan fingerprint density at radius 1 is 1.58 bits per heavy atom. The van der Waals surface area contributed by atoms with Crippen LogP contribution in [0.2, 0.25) is 0 Å². The van der Waals surface area contributed by atoms with Gasteiger partial charge in [0.25, 0.3) is 0 Å². The Morgan fingerprint density at radius 2 is 2.33 bits per heavy atom. The highest BCUT2D eigenvalue weighted by atomic mass is 32.1.